The van der Waals surface area contributed by atoms with Crippen LogP contribution in [0.2, 0.25) is 0 Å². The van der Waals surface area contributed by atoms with Crippen LogP contribution in [0.25, 0.3) is 16.8 Å². The lowest BCUT2D eigenvalue weighted by Crippen LogP contribution is -2.25. The predicted molar refractivity (Wildman–Crippen MR) is 124 cm³/mol. The number of hydrogen-bond donors (Lipinski definition) is 2. The Hall–Kier alpha value is -4.39. The first kappa shape index (κ1) is 22.8. The van der Waals surface area contributed by atoms with Gasteiger partial charge in [0.2, 0.25) is 5.91 Å². The second kappa shape index (κ2) is 10.0. The van der Waals surface area contributed by atoms with Gasteiger partial charge in [-0.1, -0.05) is 12.1 Å². The number of aromatic nitrogens is 3. The van der Waals surface area contributed by atoms with Crippen LogP contribution in [-0.4, -0.2) is 26.8 Å². The van der Waals surface area contributed by atoms with Crippen molar-refractivity contribution < 1.29 is 13.6 Å². The third-order valence-corrected chi connectivity index (χ3v) is 5.45. The maximum absolute atomic E-state index is 13.2. The van der Waals surface area contributed by atoms with Crippen molar-refractivity contribution in [3.63, 3.8) is 0 Å². The summed E-state index contributed by atoms with van der Waals surface area (Å²) >= 11 is 0. The molecule has 0 bridgehead atoms. The summed E-state index contributed by atoms with van der Waals surface area (Å²) < 4.78 is 21.3. The summed E-state index contributed by atoms with van der Waals surface area (Å²) in [5, 5.41) is 16.7. The molecule has 34 heavy (non-hydrogen) atoms. The average molecular weight is 462 g/mol. The van der Waals surface area contributed by atoms with Crippen molar-refractivity contribution >= 4 is 22.8 Å². The van der Waals surface area contributed by atoms with E-state index in [-0.39, 0.29) is 29.5 Å². The first-order valence-corrected chi connectivity index (χ1v) is 10.9. The van der Waals surface area contributed by atoms with Gasteiger partial charge in [-0.05, 0) is 55.7 Å². The number of nitrogens with zero attached hydrogens (tertiary/aromatic N) is 4. The van der Waals surface area contributed by atoms with Gasteiger partial charge in [0.05, 0.1) is 16.9 Å². The minimum atomic E-state index is -0.436. The number of aryl methyl sites for hydroxylation is 2. The number of carbonyl (C=O) groups is 1. The van der Waals surface area contributed by atoms with Crippen molar-refractivity contribution in [1.82, 2.24) is 19.7 Å². The average Bonchev–Trinajstić information content (AvgIpc) is 3.32. The fourth-order valence-electron chi connectivity index (χ4n) is 3.75. The number of hydrogen-bond acceptors (Lipinski definition) is 6. The minimum absolute atomic E-state index is 0.127. The molecule has 4 rings (SSSR count). The van der Waals surface area contributed by atoms with Crippen LogP contribution in [0.15, 0.2) is 57.7 Å². The molecule has 0 saturated heterocycles. The van der Waals surface area contributed by atoms with Crippen LogP contribution in [0.1, 0.15) is 30.5 Å². The summed E-state index contributed by atoms with van der Waals surface area (Å²) in [7, 11) is 0. The van der Waals surface area contributed by atoms with Crippen LogP contribution in [-0.2, 0) is 17.8 Å². The number of carbonyl (C=O) groups excluding carboxylic acids is 1. The number of nitrogens with two attached hydrogens (primary N) is 1. The quantitative estimate of drug-likeness (QED) is 0.368. The Kier molecular flexibility index (Phi) is 6.73. The Bertz CT molecular complexity index is 1410. The summed E-state index contributed by atoms with van der Waals surface area (Å²) in [5.41, 5.74) is 8.64. The Morgan fingerprint density at radius 1 is 1.18 bits per heavy atom. The highest BCUT2D eigenvalue weighted by Crippen LogP contribution is 2.21. The molecule has 0 spiro atoms. The highest BCUT2D eigenvalue weighted by molar-refractivity contribution is 5.76. The van der Waals surface area contributed by atoms with E-state index >= 15 is 0 Å². The Labute approximate surface area is 194 Å². The number of amides is 1. The second-order valence-electron chi connectivity index (χ2n) is 7.75. The number of fused-ring (bicyclic) bond motifs is 1. The molecule has 0 aliphatic heterocycles. The minimum Gasteiger partial charge on any atom is -0.408 e. The van der Waals surface area contributed by atoms with Crippen molar-refractivity contribution in [3.8, 4) is 11.8 Å². The van der Waals surface area contributed by atoms with Gasteiger partial charge in [-0.2, -0.15) is 10.4 Å². The monoisotopic (exact) mass is 462 g/mol. The van der Waals surface area contributed by atoms with Crippen LogP contribution < -0.4 is 16.8 Å². The van der Waals surface area contributed by atoms with Gasteiger partial charge in [-0.25, -0.2) is 13.9 Å². The van der Waals surface area contributed by atoms with E-state index in [1.807, 2.05) is 6.07 Å². The van der Waals surface area contributed by atoms with Crippen molar-refractivity contribution in [2.45, 2.75) is 32.2 Å². The maximum Gasteiger partial charge on any atom is 0.419 e. The van der Waals surface area contributed by atoms with E-state index in [9.17, 15) is 19.2 Å². The molecule has 9 nitrogen and oxygen atoms in total. The molecule has 0 unspecified atom stereocenters. The molecule has 4 aromatic rings. The van der Waals surface area contributed by atoms with Gasteiger partial charge >= 0.3 is 5.76 Å². The number of nitrogens with one attached hydrogen (secondary N) is 1. The number of para-hydroxylation sites is 2. The first-order chi connectivity index (χ1) is 16.5. The molecular weight excluding hydrogens is 439 g/mol. The van der Waals surface area contributed by atoms with Gasteiger partial charge in [-0.15, -0.1) is 0 Å². The van der Waals surface area contributed by atoms with Gasteiger partial charge in [-0.3, -0.25) is 9.36 Å². The lowest BCUT2D eigenvalue weighted by Gasteiger charge is -2.05. The number of rotatable bonds is 9. The van der Waals surface area contributed by atoms with Gasteiger partial charge in [0.15, 0.2) is 5.58 Å². The number of nitriles is 1. The molecule has 0 aliphatic rings. The molecule has 2 heterocycles. The normalized spacial score (nSPS) is 10.9. The molecule has 2 aromatic carbocycles. The zero-order chi connectivity index (χ0) is 24.1. The first-order valence-electron chi connectivity index (χ1n) is 10.9. The summed E-state index contributed by atoms with van der Waals surface area (Å²) in [6.45, 7) is 0.788. The van der Waals surface area contributed by atoms with E-state index in [1.54, 1.807) is 18.2 Å². The van der Waals surface area contributed by atoms with Gasteiger partial charge < -0.3 is 15.5 Å². The lowest BCUT2D eigenvalue weighted by atomic mass is 10.1. The Morgan fingerprint density at radius 2 is 1.94 bits per heavy atom. The molecule has 2 aromatic heterocycles. The summed E-state index contributed by atoms with van der Waals surface area (Å²) in [6, 6.07) is 14.9. The third-order valence-electron chi connectivity index (χ3n) is 5.45. The molecular formula is C24H23FN6O3. The number of nitrogen functional groups attached to an aromatic ring is 1. The Balaban J connectivity index is 1.26. The second-order valence-corrected chi connectivity index (χ2v) is 7.75. The van der Waals surface area contributed by atoms with Gasteiger partial charge in [0.1, 0.15) is 23.3 Å². The van der Waals surface area contributed by atoms with Crippen LogP contribution in [0, 0.1) is 17.1 Å². The third kappa shape index (κ3) is 4.83. The fourth-order valence-corrected chi connectivity index (χ4v) is 3.75. The SMILES string of the molecule is N#Cc1c(CCCNC(=O)CCCn2c(=O)oc3ccccc32)nn(-c2ccc(F)cc2)c1N. The van der Waals surface area contributed by atoms with Crippen LogP contribution in [0.5, 0.6) is 0 Å². The maximum atomic E-state index is 13.2. The molecule has 174 valence electrons. The van der Waals surface area contributed by atoms with Crippen LogP contribution >= 0.6 is 0 Å². The highest BCUT2D eigenvalue weighted by Gasteiger charge is 2.16. The molecule has 0 fully saturated rings. The van der Waals surface area contributed by atoms with Crippen molar-refractivity contribution in [2.75, 3.05) is 12.3 Å². The predicted octanol–water partition coefficient (Wildman–Crippen LogP) is 2.90. The molecule has 3 N–H and O–H groups in total. The number of benzene rings is 2. The van der Waals surface area contributed by atoms with E-state index in [0.717, 1.165) is 0 Å². The number of anilines is 1. The van der Waals surface area contributed by atoms with Crippen molar-refractivity contribution in [3.05, 3.63) is 76.2 Å². The molecule has 10 heteroatoms. The van der Waals surface area contributed by atoms with E-state index in [2.05, 4.69) is 16.5 Å². The smallest absolute Gasteiger partial charge is 0.408 e. The fraction of sp³-hybridized carbons (Fsp3) is 0.250. The number of oxazole rings is 1. The molecule has 0 aliphatic carbocycles. The topological polar surface area (TPSA) is 132 Å². The van der Waals surface area contributed by atoms with Crippen LogP contribution in [0.3, 0.4) is 0 Å². The zero-order valence-corrected chi connectivity index (χ0v) is 18.3. The van der Waals surface area contributed by atoms with Gasteiger partial charge in [0, 0.05) is 19.5 Å². The van der Waals surface area contributed by atoms with E-state index in [0.29, 0.717) is 54.8 Å². The molecule has 0 atom stereocenters. The van der Waals surface area contributed by atoms with Crippen LogP contribution in [0.4, 0.5) is 10.2 Å². The van der Waals surface area contributed by atoms with Crippen molar-refractivity contribution in [1.29, 1.82) is 5.26 Å². The Morgan fingerprint density at radius 3 is 2.71 bits per heavy atom. The van der Waals surface area contributed by atoms with E-state index in [4.69, 9.17) is 10.2 Å². The largest absolute Gasteiger partial charge is 0.419 e. The summed E-state index contributed by atoms with van der Waals surface area (Å²) in [4.78, 5) is 24.2. The standard InChI is InChI=1S/C24H23FN6O3/c25-16-9-11-17(12-10-16)31-23(27)18(15-26)19(29-31)5-3-13-28-22(32)8-4-14-30-20-6-1-2-7-21(20)34-24(30)33/h1-2,6-7,9-12H,3-5,8,13-14,27H2,(H,28,32). The summed E-state index contributed by atoms with van der Waals surface area (Å²) in [5.74, 6) is -0.752. The molecule has 1 amide bonds. The van der Waals surface area contributed by atoms with E-state index < -0.39 is 5.76 Å². The lowest BCUT2D eigenvalue weighted by molar-refractivity contribution is -0.121. The van der Waals surface area contributed by atoms with E-state index in [1.165, 1.54) is 33.5 Å². The molecule has 0 radical (unpaired) electrons. The highest BCUT2D eigenvalue weighted by atomic mass is 19.1. The number of halogens is 1. The summed E-state index contributed by atoms with van der Waals surface area (Å²) in [6.07, 6.45) is 1.76. The zero-order valence-electron chi connectivity index (χ0n) is 18.3. The van der Waals surface area contributed by atoms with Gasteiger partial charge in [0.25, 0.3) is 0 Å². The molecule has 0 saturated carbocycles. The van der Waals surface area contributed by atoms with Crippen molar-refractivity contribution in [2.24, 2.45) is 0 Å².